The molecule has 3 rings (SSSR count). The van der Waals surface area contributed by atoms with E-state index in [1.165, 1.54) is 19.4 Å². The molecule has 0 radical (unpaired) electrons. The Kier molecular flexibility index (Phi) is 6.87. The lowest BCUT2D eigenvalue weighted by atomic mass is 9.63. The molecule has 164 valence electrons. The summed E-state index contributed by atoms with van der Waals surface area (Å²) in [7, 11) is 0. The molecule has 0 fully saturated rings. The third-order valence-electron chi connectivity index (χ3n) is 6.09. The number of rotatable bonds is 6. The van der Waals surface area contributed by atoms with Crippen LogP contribution in [0.5, 0.6) is 0 Å². The van der Waals surface area contributed by atoms with Gasteiger partial charge in [0.05, 0.1) is 11.5 Å². The molecular weight excluding hydrogens is 454 g/mol. The molecule has 0 heterocycles. The van der Waals surface area contributed by atoms with Gasteiger partial charge in [-0.2, -0.15) is 0 Å². The van der Waals surface area contributed by atoms with Gasteiger partial charge in [0.2, 0.25) is 0 Å². The van der Waals surface area contributed by atoms with Crippen molar-refractivity contribution in [2.45, 2.75) is 58.5 Å². The molecule has 1 aliphatic rings. The Morgan fingerprint density at radius 2 is 1.65 bits per heavy atom. The Balaban J connectivity index is 2.18. The Hall–Kier alpha value is -2.24. The highest BCUT2D eigenvalue weighted by Crippen LogP contribution is 2.48. The van der Waals surface area contributed by atoms with Gasteiger partial charge in [-0.1, -0.05) is 54.0 Å². The van der Waals surface area contributed by atoms with Crippen molar-refractivity contribution in [2.24, 2.45) is 5.92 Å². The van der Waals surface area contributed by atoms with Crippen LogP contribution < -0.4 is 5.32 Å². The van der Waals surface area contributed by atoms with Crippen LogP contribution in [0.3, 0.4) is 0 Å². The lowest BCUT2D eigenvalue weighted by molar-refractivity contribution is -0.131. The molecule has 0 spiro atoms. The highest BCUT2D eigenvalue weighted by atomic mass is 79.9. The fraction of sp³-hybridized carbons (Fsp3) is 0.385. The largest absolute Gasteiger partial charge is 0.389 e. The number of hydrogen-bond donors (Lipinski definition) is 2. The summed E-state index contributed by atoms with van der Waals surface area (Å²) in [5.74, 6) is -1.06. The molecule has 0 aromatic heterocycles. The SMILES string of the molecule is CC(=O)C1=C(Nc2ccc(Br)cc2)CC(C)(O)C(C(C)=O)C1c1ccc(C(C)C)cc1. The summed E-state index contributed by atoms with van der Waals surface area (Å²) < 4.78 is 0.953. The Morgan fingerprint density at radius 3 is 2.13 bits per heavy atom. The summed E-state index contributed by atoms with van der Waals surface area (Å²) in [5, 5.41) is 14.7. The zero-order valence-corrected chi connectivity index (χ0v) is 20.3. The maximum absolute atomic E-state index is 12.9. The molecule has 1 aliphatic carbocycles. The number of benzene rings is 2. The molecule has 2 aromatic carbocycles. The Labute approximate surface area is 192 Å². The number of Topliss-reactive ketones (excluding diaryl/α,β-unsaturated/α-hetero) is 2. The number of ketones is 2. The van der Waals surface area contributed by atoms with Gasteiger partial charge >= 0.3 is 0 Å². The summed E-state index contributed by atoms with van der Waals surface area (Å²) in [6.45, 7) is 8.97. The molecule has 5 heteroatoms. The van der Waals surface area contributed by atoms with E-state index in [1.54, 1.807) is 6.92 Å². The third-order valence-corrected chi connectivity index (χ3v) is 6.62. The van der Waals surface area contributed by atoms with E-state index in [9.17, 15) is 14.7 Å². The van der Waals surface area contributed by atoms with E-state index in [2.05, 4.69) is 35.1 Å². The summed E-state index contributed by atoms with van der Waals surface area (Å²) in [5.41, 5.74) is 2.81. The first-order chi connectivity index (χ1) is 14.5. The molecule has 2 N–H and O–H groups in total. The van der Waals surface area contributed by atoms with Crippen LogP contribution in [0.25, 0.3) is 0 Å². The van der Waals surface area contributed by atoms with Crippen molar-refractivity contribution >= 4 is 33.2 Å². The van der Waals surface area contributed by atoms with Crippen LogP contribution in [-0.4, -0.2) is 22.3 Å². The van der Waals surface area contributed by atoms with E-state index in [0.717, 1.165) is 15.7 Å². The third kappa shape index (κ3) is 4.99. The zero-order valence-electron chi connectivity index (χ0n) is 18.7. The molecule has 0 saturated heterocycles. The second-order valence-electron chi connectivity index (χ2n) is 9.00. The summed E-state index contributed by atoms with van der Waals surface area (Å²) in [6.07, 6.45) is 0.197. The fourth-order valence-corrected chi connectivity index (χ4v) is 4.91. The number of carbonyl (C=O) groups is 2. The van der Waals surface area contributed by atoms with E-state index in [4.69, 9.17) is 0 Å². The molecule has 4 nitrogen and oxygen atoms in total. The van der Waals surface area contributed by atoms with Crippen molar-refractivity contribution < 1.29 is 14.7 Å². The van der Waals surface area contributed by atoms with Crippen LogP contribution in [0, 0.1) is 5.92 Å². The van der Waals surface area contributed by atoms with Gasteiger partial charge in [0.25, 0.3) is 0 Å². The van der Waals surface area contributed by atoms with Crippen molar-refractivity contribution in [1.82, 2.24) is 0 Å². The van der Waals surface area contributed by atoms with Gasteiger partial charge in [0.15, 0.2) is 5.78 Å². The molecular formula is C26H30BrNO3. The summed E-state index contributed by atoms with van der Waals surface area (Å²) >= 11 is 3.43. The van der Waals surface area contributed by atoms with Crippen LogP contribution in [-0.2, 0) is 9.59 Å². The molecule has 0 amide bonds. The second kappa shape index (κ2) is 9.09. The Morgan fingerprint density at radius 1 is 1.06 bits per heavy atom. The van der Waals surface area contributed by atoms with Crippen LogP contribution in [0.15, 0.2) is 64.3 Å². The number of aliphatic hydroxyl groups is 1. The zero-order chi connectivity index (χ0) is 22.9. The average molecular weight is 484 g/mol. The van der Waals surface area contributed by atoms with Gasteiger partial charge < -0.3 is 10.4 Å². The summed E-state index contributed by atoms with van der Waals surface area (Å²) in [4.78, 5) is 25.6. The molecule has 3 atom stereocenters. The number of hydrogen-bond acceptors (Lipinski definition) is 4. The molecule has 0 saturated carbocycles. The van der Waals surface area contributed by atoms with Crippen molar-refractivity contribution in [3.8, 4) is 0 Å². The van der Waals surface area contributed by atoms with E-state index in [0.29, 0.717) is 17.2 Å². The molecule has 0 bridgehead atoms. The predicted molar refractivity (Wildman–Crippen MR) is 128 cm³/mol. The van der Waals surface area contributed by atoms with Gasteiger partial charge in [-0.25, -0.2) is 0 Å². The van der Waals surface area contributed by atoms with E-state index in [-0.39, 0.29) is 18.0 Å². The highest BCUT2D eigenvalue weighted by molar-refractivity contribution is 9.10. The van der Waals surface area contributed by atoms with E-state index >= 15 is 0 Å². The molecule has 0 aliphatic heterocycles. The Bertz CT molecular complexity index is 1000. The van der Waals surface area contributed by atoms with E-state index in [1.807, 2.05) is 48.5 Å². The van der Waals surface area contributed by atoms with E-state index < -0.39 is 17.4 Å². The fourth-order valence-electron chi connectivity index (χ4n) is 4.65. The van der Waals surface area contributed by atoms with Gasteiger partial charge in [0.1, 0.15) is 5.78 Å². The minimum Gasteiger partial charge on any atom is -0.389 e. The number of allylic oxidation sites excluding steroid dienone is 1. The number of nitrogens with one attached hydrogen (secondary N) is 1. The second-order valence-corrected chi connectivity index (χ2v) is 9.92. The first-order valence-electron chi connectivity index (χ1n) is 10.6. The number of anilines is 1. The maximum Gasteiger partial charge on any atom is 0.158 e. The lowest BCUT2D eigenvalue weighted by Gasteiger charge is -2.43. The van der Waals surface area contributed by atoms with Crippen LogP contribution in [0.2, 0.25) is 0 Å². The van der Waals surface area contributed by atoms with Crippen molar-refractivity contribution in [3.05, 3.63) is 75.4 Å². The highest BCUT2D eigenvalue weighted by Gasteiger charge is 2.49. The van der Waals surface area contributed by atoms with Crippen molar-refractivity contribution in [1.29, 1.82) is 0 Å². The van der Waals surface area contributed by atoms with Crippen molar-refractivity contribution in [3.63, 3.8) is 0 Å². The van der Waals surface area contributed by atoms with Gasteiger partial charge in [0, 0.05) is 33.8 Å². The normalized spacial score (nSPS) is 23.7. The average Bonchev–Trinajstić information content (AvgIpc) is 2.68. The first kappa shape index (κ1) is 23.4. The van der Waals surface area contributed by atoms with Gasteiger partial charge in [-0.05, 0) is 62.1 Å². The smallest absolute Gasteiger partial charge is 0.158 e. The minimum absolute atomic E-state index is 0.0979. The van der Waals surface area contributed by atoms with Crippen molar-refractivity contribution in [2.75, 3.05) is 5.32 Å². The van der Waals surface area contributed by atoms with Crippen LogP contribution in [0.1, 0.15) is 64.0 Å². The van der Waals surface area contributed by atoms with Crippen LogP contribution in [0.4, 0.5) is 5.69 Å². The molecule has 2 aromatic rings. The first-order valence-corrected chi connectivity index (χ1v) is 11.4. The molecule has 3 unspecified atom stereocenters. The monoisotopic (exact) mass is 483 g/mol. The van der Waals surface area contributed by atoms with Crippen LogP contribution >= 0.6 is 15.9 Å². The quantitative estimate of drug-likeness (QED) is 0.530. The molecule has 31 heavy (non-hydrogen) atoms. The number of carbonyl (C=O) groups excluding carboxylic acids is 2. The van der Waals surface area contributed by atoms with Gasteiger partial charge in [-0.15, -0.1) is 0 Å². The van der Waals surface area contributed by atoms with Gasteiger partial charge in [-0.3, -0.25) is 9.59 Å². The number of halogens is 1. The summed E-state index contributed by atoms with van der Waals surface area (Å²) in [6, 6.07) is 15.7. The minimum atomic E-state index is -1.29. The lowest BCUT2D eigenvalue weighted by Crippen LogP contribution is -2.48. The maximum atomic E-state index is 12.9. The standard InChI is InChI=1S/C26H30BrNO3/c1-15(2)18-6-8-19(9-7-18)24-23(16(3)29)22(14-26(5,31)25(24)17(4)30)28-21-12-10-20(27)11-13-21/h6-13,15,24-25,28,31H,14H2,1-5H3. The predicted octanol–water partition coefficient (Wildman–Crippen LogP) is 5.97. The topological polar surface area (TPSA) is 66.4 Å².